The summed E-state index contributed by atoms with van der Waals surface area (Å²) in [5.41, 5.74) is 0. The highest BCUT2D eigenvalue weighted by molar-refractivity contribution is 7.97. The molecule has 1 fully saturated rings. The van der Waals surface area contributed by atoms with E-state index in [1.165, 1.54) is 4.90 Å². The molecule has 2 rings (SSSR count). The Hall–Kier alpha value is -0.510. The minimum atomic E-state index is -0.110. The van der Waals surface area contributed by atoms with Gasteiger partial charge in [0.15, 0.2) is 0 Å². The van der Waals surface area contributed by atoms with Crippen LogP contribution in [-0.2, 0) is 0 Å². The van der Waals surface area contributed by atoms with Gasteiger partial charge in [0.05, 0.1) is 6.10 Å². The zero-order chi connectivity index (χ0) is 8.39. The monoisotopic (exact) mass is 181 g/mol. The molecule has 0 atom stereocenters. The molecular weight excluding hydrogens is 170 g/mol. The lowest BCUT2D eigenvalue weighted by Gasteiger charge is -2.34. The van der Waals surface area contributed by atoms with Gasteiger partial charge < -0.3 is 5.11 Å². The molecule has 0 aromatic heterocycles. The zero-order valence-corrected chi connectivity index (χ0v) is 7.50. The van der Waals surface area contributed by atoms with Gasteiger partial charge >= 0.3 is 0 Å². The van der Waals surface area contributed by atoms with Gasteiger partial charge in [-0.05, 0) is 24.1 Å². The zero-order valence-electron chi connectivity index (χ0n) is 6.68. The van der Waals surface area contributed by atoms with Crippen LogP contribution in [-0.4, -0.2) is 28.6 Å². The van der Waals surface area contributed by atoms with Gasteiger partial charge in [-0.3, -0.25) is 0 Å². The maximum Gasteiger partial charge on any atom is 0.0812 e. The first kappa shape index (κ1) is 8.10. The minimum Gasteiger partial charge on any atom is -0.390 e. The van der Waals surface area contributed by atoms with Crippen LogP contribution in [0.2, 0.25) is 0 Å². The molecule has 0 radical (unpaired) electrons. The van der Waals surface area contributed by atoms with Gasteiger partial charge in [-0.25, -0.2) is 4.31 Å². The molecule has 0 bridgehead atoms. The summed E-state index contributed by atoms with van der Waals surface area (Å²) in [4.78, 5) is 1.24. The number of hydrogen-bond donors (Lipinski definition) is 1. The second kappa shape index (κ2) is 3.47. The molecule has 12 heavy (non-hydrogen) atoms. The van der Waals surface area contributed by atoms with Crippen LogP contribution in [0.3, 0.4) is 0 Å². The lowest BCUT2D eigenvalue weighted by atomic mass is 10.2. The normalized spacial score (nSPS) is 19.1. The van der Waals surface area contributed by atoms with Gasteiger partial charge in [-0.1, -0.05) is 18.2 Å². The minimum absolute atomic E-state index is 0.110. The van der Waals surface area contributed by atoms with Crippen molar-refractivity contribution in [1.82, 2.24) is 4.31 Å². The van der Waals surface area contributed by atoms with Crippen LogP contribution in [0.15, 0.2) is 35.2 Å². The van der Waals surface area contributed by atoms with E-state index in [9.17, 15) is 0 Å². The summed E-state index contributed by atoms with van der Waals surface area (Å²) < 4.78 is 2.15. The molecule has 0 aliphatic carbocycles. The van der Waals surface area contributed by atoms with E-state index in [2.05, 4.69) is 16.4 Å². The molecule has 0 amide bonds. The molecule has 0 unspecified atom stereocenters. The Bertz CT molecular complexity index is 246. The van der Waals surface area contributed by atoms with E-state index in [-0.39, 0.29) is 6.10 Å². The summed E-state index contributed by atoms with van der Waals surface area (Å²) in [5, 5.41) is 9.04. The maximum atomic E-state index is 9.04. The van der Waals surface area contributed by atoms with E-state index in [4.69, 9.17) is 5.11 Å². The Labute approximate surface area is 76.3 Å². The summed E-state index contributed by atoms with van der Waals surface area (Å²) in [5.74, 6) is 0. The first-order valence-electron chi connectivity index (χ1n) is 4.00. The second-order valence-electron chi connectivity index (χ2n) is 2.91. The third-order valence-corrected chi connectivity index (χ3v) is 2.85. The van der Waals surface area contributed by atoms with Crippen molar-refractivity contribution in [1.29, 1.82) is 0 Å². The van der Waals surface area contributed by atoms with Gasteiger partial charge in [0.25, 0.3) is 0 Å². The fraction of sp³-hybridized carbons (Fsp3) is 0.333. The summed E-state index contributed by atoms with van der Waals surface area (Å²) in [6.45, 7) is 1.58. The first-order chi connectivity index (χ1) is 5.84. The number of aliphatic hydroxyl groups is 1. The number of aliphatic hydroxyl groups excluding tert-OH is 1. The van der Waals surface area contributed by atoms with Gasteiger partial charge in [0, 0.05) is 18.0 Å². The maximum absolute atomic E-state index is 9.04. The third-order valence-electron chi connectivity index (χ3n) is 1.81. The van der Waals surface area contributed by atoms with Crippen molar-refractivity contribution in [3.8, 4) is 0 Å². The molecule has 1 aromatic carbocycles. The Balaban J connectivity index is 1.88. The predicted molar refractivity (Wildman–Crippen MR) is 49.9 cm³/mol. The van der Waals surface area contributed by atoms with Crippen molar-refractivity contribution in [2.24, 2.45) is 0 Å². The first-order valence-corrected chi connectivity index (χ1v) is 4.78. The lowest BCUT2D eigenvalue weighted by Crippen LogP contribution is -2.46. The van der Waals surface area contributed by atoms with Crippen LogP contribution >= 0.6 is 11.9 Å². The SMILES string of the molecule is OC1CN(Sc2ccccc2)C1. The average Bonchev–Trinajstić information content (AvgIpc) is 2.04. The summed E-state index contributed by atoms with van der Waals surface area (Å²) in [6, 6.07) is 10.2. The molecule has 1 saturated heterocycles. The van der Waals surface area contributed by atoms with Crippen LogP contribution in [0, 0.1) is 0 Å². The van der Waals surface area contributed by atoms with E-state index in [0.29, 0.717) is 0 Å². The highest BCUT2D eigenvalue weighted by Gasteiger charge is 2.24. The van der Waals surface area contributed by atoms with Crippen molar-refractivity contribution < 1.29 is 5.11 Å². The van der Waals surface area contributed by atoms with Crippen molar-refractivity contribution in [3.05, 3.63) is 30.3 Å². The van der Waals surface area contributed by atoms with E-state index in [1.54, 1.807) is 11.9 Å². The van der Waals surface area contributed by atoms with Gasteiger partial charge in [0.2, 0.25) is 0 Å². The molecule has 1 N–H and O–H groups in total. The Morgan fingerprint density at radius 1 is 1.25 bits per heavy atom. The Kier molecular flexibility index (Phi) is 2.35. The summed E-state index contributed by atoms with van der Waals surface area (Å²) >= 11 is 1.71. The third kappa shape index (κ3) is 1.80. The topological polar surface area (TPSA) is 23.5 Å². The molecule has 1 heterocycles. The number of nitrogens with zero attached hydrogens (tertiary/aromatic N) is 1. The standard InChI is InChI=1S/C9H11NOS/c11-8-6-10(7-8)12-9-4-2-1-3-5-9/h1-5,8,11H,6-7H2. The number of rotatable bonds is 2. The van der Waals surface area contributed by atoms with Crippen molar-refractivity contribution in [2.45, 2.75) is 11.0 Å². The molecule has 2 nitrogen and oxygen atoms in total. The van der Waals surface area contributed by atoms with Crippen LogP contribution < -0.4 is 0 Å². The second-order valence-corrected chi connectivity index (χ2v) is 4.08. The van der Waals surface area contributed by atoms with Gasteiger partial charge in [-0.2, -0.15) is 0 Å². The van der Waals surface area contributed by atoms with E-state index in [1.807, 2.05) is 18.2 Å². The molecule has 1 aliphatic heterocycles. The summed E-state index contributed by atoms with van der Waals surface area (Å²) in [6.07, 6.45) is -0.110. The molecule has 0 saturated carbocycles. The van der Waals surface area contributed by atoms with Gasteiger partial charge in [-0.15, -0.1) is 0 Å². The highest BCUT2D eigenvalue weighted by Crippen LogP contribution is 2.26. The molecule has 1 aliphatic rings. The fourth-order valence-corrected chi connectivity index (χ4v) is 2.19. The molecule has 1 aromatic rings. The number of β-amino-alcohol motifs (C(OH)–C–C–N with tert-alkyl or cyclic N) is 1. The van der Waals surface area contributed by atoms with Crippen molar-refractivity contribution in [3.63, 3.8) is 0 Å². The van der Waals surface area contributed by atoms with Crippen LogP contribution in [0.4, 0.5) is 0 Å². The fourth-order valence-electron chi connectivity index (χ4n) is 1.12. The molecule has 3 heteroatoms. The highest BCUT2D eigenvalue weighted by atomic mass is 32.2. The largest absolute Gasteiger partial charge is 0.390 e. The van der Waals surface area contributed by atoms with E-state index in [0.717, 1.165) is 13.1 Å². The number of hydrogen-bond acceptors (Lipinski definition) is 3. The predicted octanol–water partition coefficient (Wildman–Crippen LogP) is 1.37. The molecular formula is C9H11NOS. The van der Waals surface area contributed by atoms with Crippen molar-refractivity contribution >= 4 is 11.9 Å². The quantitative estimate of drug-likeness (QED) is 0.697. The molecule has 0 spiro atoms. The Morgan fingerprint density at radius 3 is 2.50 bits per heavy atom. The Morgan fingerprint density at radius 2 is 1.92 bits per heavy atom. The number of benzene rings is 1. The van der Waals surface area contributed by atoms with Crippen LogP contribution in [0.25, 0.3) is 0 Å². The van der Waals surface area contributed by atoms with Crippen LogP contribution in [0.1, 0.15) is 0 Å². The average molecular weight is 181 g/mol. The van der Waals surface area contributed by atoms with Gasteiger partial charge in [0.1, 0.15) is 0 Å². The molecule has 64 valence electrons. The van der Waals surface area contributed by atoms with E-state index >= 15 is 0 Å². The van der Waals surface area contributed by atoms with Crippen molar-refractivity contribution in [2.75, 3.05) is 13.1 Å². The van der Waals surface area contributed by atoms with E-state index < -0.39 is 0 Å². The smallest absolute Gasteiger partial charge is 0.0812 e. The van der Waals surface area contributed by atoms with Crippen LogP contribution in [0.5, 0.6) is 0 Å². The lowest BCUT2D eigenvalue weighted by molar-refractivity contribution is 0.0616. The summed E-state index contributed by atoms with van der Waals surface area (Å²) in [7, 11) is 0.